The molecule has 0 saturated carbocycles. The lowest BCUT2D eigenvalue weighted by Gasteiger charge is -2.15. The number of alkyl halides is 1. The normalized spacial score (nSPS) is 11.4. The first kappa shape index (κ1) is 14.4. The number of rotatable bonds is 4. The third-order valence-electron chi connectivity index (χ3n) is 3.07. The molecule has 1 aromatic heterocycles. The van der Waals surface area contributed by atoms with Gasteiger partial charge in [0.1, 0.15) is 5.82 Å². The molecule has 2 rings (SSSR count). The fourth-order valence-electron chi connectivity index (χ4n) is 2.03. The predicted molar refractivity (Wildman–Crippen MR) is 80.0 cm³/mol. The molecule has 5 heteroatoms. The number of benzene rings is 1. The number of hydrogen-bond donors (Lipinski definition) is 0. The molecule has 1 heterocycles. The van der Waals surface area contributed by atoms with Gasteiger partial charge >= 0.3 is 0 Å². The summed E-state index contributed by atoms with van der Waals surface area (Å²) >= 11 is 11.8. The van der Waals surface area contributed by atoms with Gasteiger partial charge in [-0.3, -0.25) is 4.79 Å². The van der Waals surface area contributed by atoms with Gasteiger partial charge in [0.15, 0.2) is 0 Å². The van der Waals surface area contributed by atoms with Crippen LogP contribution in [0.1, 0.15) is 26.1 Å². The van der Waals surface area contributed by atoms with E-state index in [0.29, 0.717) is 22.2 Å². The maximum absolute atomic E-state index is 12.0. The van der Waals surface area contributed by atoms with E-state index >= 15 is 0 Å². The minimum atomic E-state index is -0.269. The van der Waals surface area contributed by atoms with Gasteiger partial charge in [0.2, 0.25) is 0 Å². The highest BCUT2D eigenvalue weighted by Crippen LogP contribution is 2.19. The minimum Gasteiger partial charge on any atom is -0.328 e. The second kappa shape index (κ2) is 5.93. The molecule has 0 bridgehead atoms. The van der Waals surface area contributed by atoms with E-state index in [9.17, 15) is 4.79 Å². The first-order valence-electron chi connectivity index (χ1n) is 6.28. The Kier molecular flexibility index (Phi) is 4.48. The van der Waals surface area contributed by atoms with Crippen molar-refractivity contribution in [2.24, 2.45) is 5.92 Å². The molecule has 0 unspecified atom stereocenters. The van der Waals surface area contributed by atoms with E-state index in [2.05, 4.69) is 18.8 Å². The SMILES string of the molecule is CC(C)CCn1c(CCl)nc(=O)c2cc(Cl)ccc21. The molecule has 0 amide bonds. The zero-order chi connectivity index (χ0) is 14.0. The van der Waals surface area contributed by atoms with Crippen LogP contribution in [0.2, 0.25) is 5.02 Å². The van der Waals surface area contributed by atoms with Crippen LogP contribution in [-0.4, -0.2) is 9.55 Å². The molecule has 102 valence electrons. The largest absolute Gasteiger partial charge is 0.328 e. The Morgan fingerprint density at radius 2 is 2.11 bits per heavy atom. The topological polar surface area (TPSA) is 34.9 Å². The molecule has 0 aliphatic carbocycles. The smallest absolute Gasteiger partial charge is 0.280 e. The minimum absolute atomic E-state index is 0.228. The van der Waals surface area contributed by atoms with Crippen LogP contribution in [0, 0.1) is 5.92 Å². The summed E-state index contributed by atoms with van der Waals surface area (Å²) in [6, 6.07) is 5.31. The van der Waals surface area contributed by atoms with Gasteiger partial charge in [-0.05, 0) is 30.5 Å². The van der Waals surface area contributed by atoms with Gasteiger partial charge < -0.3 is 4.57 Å². The number of aromatic nitrogens is 2. The first-order valence-corrected chi connectivity index (χ1v) is 7.19. The lowest BCUT2D eigenvalue weighted by molar-refractivity contribution is 0.511. The van der Waals surface area contributed by atoms with Crippen molar-refractivity contribution in [2.75, 3.05) is 0 Å². The Morgan fingerprint density at radius 1 is 1.37 bits per heavy atom. The summed E-state index contributed by atoms with van der Waals surface area (Å²) in [6.45, 7) is 5.12. The summed E-state index contributed by atoms with van der Waals surface area (Å²) in [6.07, 6.45) is 1.01. The van der Waals surface area contributed by atoms with Crippen LogP contribution >= 0.6 is 23.2 Å². The van der Waals surface area contributed by atoms with Gasteiger partial charge in [-0.1, -0.05) is 25.4 Å². The fourth-order valence-corrected chi connectivity index (χ4v) is 2.41. The van der Waals surface area contributed by atoms with Crippen LogP contribution in [0.25, 0.3) is 10.9 Å². The van der Waals surface area contributed by atoms with Gasteiger partial charge in [0.25, 0.3) is 5.56 Å². The van der Waals surface area contributed by atoms with Crippen LogP contribution < -0.4 is 5.56 Å². The number of halogens is 2. The maximum atomic E-state index is 12.0. The van der Waals surface area contributed by atoms with Gasteiger partial charge in [-0.2, -0.15) is 4.98 Å². The van der Waals surface area contributed by atoms with Gasteiger partial charge in [0.05, 0.1) is 16.8 Å². The lowest BCUT2D eigenvalue weighted by atomic mass is 10.1. The van der Waals surface area contributed by atoms with E-state index in [-0.39, 0.29) is 11.4 Å². The molecular formula is C14H16Cl2N2O. The molecule has 0 aliphatic rings. The molecule has 1 aromatic carbocycles. The Hall–Kier alpha value is -1.06. The number of hydrogen-bond acceptors (Lipinski definition) is 2. The van der Waals surface area contributed by atoms with Crippen molar-refractivity contribution in [3.8, 4) is 0 Å². The summed E-state index contributed by atoms with van der Waals surface area (Å²) in [5.41, 5.74) is 0.578. The van der Waals surface area contributed by atoms with Crippen LogP contribution in [0.15, 0.2) is 23.0 Å². The first-order chi connectivity index (χ1) is 9.02. The highest BCUT2D eigenvalue weighted by molar-refractivity contribution is 6.31. The highest BCUT2D eigenvalue weighted by Gasteiger charge is 2.11. The molecular weight excluding hydrogens is 283 g/mol. The second-order valence-corrected chi connectivity index (χ2v) is 5.67. The molecule has 2 aromatic rings. The van der Waals surface area contributed by atoms with E-state index in [4.69, 9.17) is 23.2 Å². The van der Waals surface area contributed by atoms with E-state index in [1.54, 1.807) is 12.1 Å². The van der Waals surface area contributed by atoms with E-state index in [1.807, 2.05) is 10.6 Å². The van der Waals surface area contributed by atoms with E-state index < -0.39 is 0 Å². The molecule has 19 heavy (non-hydrogen) atoms. The third-order valence-corrected chi connectivity index (χ3v) is 3.55. The summed E-state index contributed by atoms with van der Waals surface area (Å²) in [5.74, 6) is 1.42. The zero-order valence-electron chi connectivity index (χ0n) is 11.0. The molecule has 0 atom stereocenters. The maximum Gasteiger partial charge on any atom is 0.280 e. The Balaban J connectivity index is 2.64. The van der Waals surface area contributed by atoms with Crippen molar-refractivity contribution in [1.29, 1.82) is 0 Å². The van der Waals surface area contributed by atoms with Crippen LogP contribution in [0.5, 0.6) is 0 Å². The van der Waals surface area contributed by atoms with Crippen LogP contribution in [0.3, 0.4) is 0 Å². The van der Waals surface area contributed by atoms with Crippen molar-refractivity contribution in [1.82, 2.24) is 9.55 Å². The number of fused-ring (bicyclic) bond motifs is 1. The highest BCUT2D eigenvalue weighted by atomic mass is 35.5. The summed E-state index contributed by atoms with van der Waals surface area (Å²) in [7, 11) is 0. The average molecular weight is 299 g/mol. The standard InChI is InChI=1S/C14H16Cl2N2O/c1-9(2)5-6-18-12-4-3-10(16)7-11(12)14(19)17-13(18)8-15/h3-4,7,9H,5-6,8H2,1-2H3. The fraction of sp³-hybridized carbons (Fsp3) is 0.429. The summed E-state index contributed by atoms with van der Waals surface area (Å²) in [4.78, 5) is 16.0. The molecule has 0 fully saturated rings. The van der Waals surface area contributed by atoms with Crippen molar-refractivity contribution >= 4 is 34.1 Å². The second-order valence-electron chi connectivity index (χ2n) is 4.96. The Morgan fingerprint density at radius 3 is 2.74 bits per heavy atom. The van der Waals surface area contributed by atoms with E-state index in [1.165, 1.54) is 0 Å². The Labute approximate surface area is 122 Å². The molecule has 0 saturated heterocycles. The monoisotopic (exact) mass is 298 g/mol. The Bertz CT molecular complexity index is 650. The quantitative estimate of drug-likeness (QED) is 0.804. The average Bonchev–Trinajstić information content (AvgIpc) is 2.37. The third kappa shape index (κ3) is 3.10. The van der Waals surface area contributed by atoms with Gasteiger partial charge in [0, 0.05) is 11.6 Å². The van der Waals surface area contributed by atoms with E-state index in [0.717, 1.165) is 18.5 Å². The summed E-state index contributed by atoms with van der Waals surface area (Å²) in [5, 5.41) is 1.09. The number of aryl methyl sites for hydroxylation is 1. The van der Waals surface area contributed by atoms with Crippen molar-refractivity contribution in [3.63, 3.8) is 0 Å². The lowest BCUT2D eigenvalue weighted by Crippen LogP contribution is -2.19. The number of nitrogens with zero attached hydrogens (tertiary/aromatic N) is 2. The van der Waals surface area contributed by atoms with Gasteiger partial charge in [-0.15, -0.1) is 11.6 Å². The van der Waals surface area contributed by atoms with Crippen molar-refractivity contribution < 1.29 is 0 Å². The zero-order valence-corrected chi connectivity index (χ0v) is 12.5. The summed E-state index contributed by atoms with van der Waals surface area (Å²) < 4.78 is 2.01. The van der Waals surface area contributed by atoms with Gasteiger partial charge in [-0.25, -0.2) is 0 Å². The molecule has 0 spiro atoms. The van der Waals surface area contributed by atoms with Crippen LogP contribution in [0.4, 0.5) is 0 Å². The van der Waals surface area contributed by atoms with Crippen LogP contribution in [-0.2, 0) is 12.4 Å². The van der Waals surface area contributed by atoms with Crippen molar-refractivity contribution in [2.45, 2.75) is 32.7 Å². The molecule has 0 radical (unpaired) electrons. The molecule has 3 nitrogen and oxygen atoms in total. The predicted octanol–water partition coefficient (Wildman–Crippen LogP) is 3.83. The van der Waals surface area contributed by atoms with Crippen molar-refractivity contribution in [3.05, 3.63) is 39.4 Å². The molecule has 0 N–H and O–H groups in total. The molecule has 0 aliphatic heterocycles.